The third kappa shape index (κ3) is 4.46. The maximum absolute atomic E-state index is 13.1. The van der Waals surface area contributed by atoms with Gasteiger partial charge >= 0.3 is 12.2 Å². The maximum Gasteiger partial charge on any atom is 0.412 e. The van der Waals surface area contributed by atoms with Gasteiger partial charge in [-0.1, -0.05) is 30.3 Å². The number of nitrogens with one attached hydrogen (secondary N) is 3. The summed E-state index contributed by atoms with van der Waals surface area (Å²) in [5, 5.41) is 13.4. The van der Waals surface area contributed by atoms with Crippen molar-refractivity contribution in [1.82, 2.24) is 20.6 Å². The fourth-order valence-corrected chi connectivity index (χ4v) is 2.00. The second-order valence-electron chi connectivity index (χ2n) is 4.71. The zero-order chi connectivity index (χ0) is 16.9. The number of halogens is 3. The standard InChI is InChI=1S/C14H15F3N4O2/c15-14(16,17)11(9-4-2-1-3-5-9)21-13(23)20-10(8-22)12-18-6-7-19-12/h1-7,10-11,22H,8H2,(H,18,19)(H2,20,21,23). The van der Waals surface area contributed by atoms with Crippen LogP contribution in [-0.4, -0.2) is 33.9 Å². The summed E-state index contributed by atoms with van der Waals surface area (Å²) in [6.07, 6.45) is -1.78. The molecule has 0 radical (unpaired) electrons. The third-order valence-corrected chi connectivity index (χ3v) is 3.07. The first-order valence-electron chi connectivity index (χ1n) is 6.70. The van der Waals surface area contributed by atoms with Gasteiger partial charge in [0.25, 0.3) is 0 Å². The molecule has 1 heterocycles. The van der Waals surface area contributed by atoms with Crippen LogP contribution in [0.4, 0.5) is 18.0 Å². The number of carbonyl (C=O) groups excluding carboxylic acids is 1. The van der Waals surface area contributed by atoms with Gasteiger partial charge < -0.3 is 20.7 Å². The number of amides is 2. The zero-order valence-corrected chi connectivity index (χ0v) is 11.8. The Kier molecular flexibility index (Phi) is 5.22. The molecule has 2 amide bonds. The van der Waals surface area contributed by atoms with Crippen molar-refractivity contribution in [2.45, 2.75) is 18.3 Å². The predicted molar refractivity (Wildman–Crippen MR) is 75.3 cm³/mol. The summed E-state index contributed by atoms with van der Waals surface area (Å²) in [4.78, 5) is 18.4. The van der Waals surface area contributed by atoms with E-state index in [4.69, 9.17) is 0 Å². The first-order chi connectivity index (χ1) is 10.9. The summed E-state index contributed by atoms with van der Waals surface area (Å²) in [5.41, 5.74) is -0.0892. The van der Waals surface area contributed by atoms with Crippen molar-refractivity contribution >= 4 is 6.03 Å². The molecule has 0 saturated heterocycles. The Hall–Kier alpha value is -2.55. The Balaban J connectivity index is 2.09. The molecule has 0 bridgehead atoms. The van der Waals surface area contributed by atoms with Gasteiger partial charge in [-0.2, -0.15) is 13.2 Å². The number of aliphatic hydroxyl groups is 1. The molecule has 2 atom stereocenters. The smallest absolute Gasteiger partial charge is 0.394 e. The van der Waals surface area contributed by atoms with Crippen molar-refractivity contribution in [2.75, 3.05) is 6.61 Å². The second kappa shape index (κ2) is 7.14. The fourth-order valence-electron chi connectivity index (χ4n) is 2.00. The minimum absolute atomic E-state index is 0.0892. The Morgan fingerprint density at radius 2 is 1.96 bits per heavy atom. The molecule has 1 aromatic carbocycles. The van der Waals surface area contributed by atoms with Crippen LogP contribution in [0, 0.1) is 0 Å². The number of aromatic amines is 1. The van der Waals surface area contributed by atoms with Gasteiger partial charge in [-0.3, -0.25) is 0 Å². The SMILES string of the molecule is O=C(NC(CO)c1ncc[nH]1)NC(c1ccccc1)C(F)(F)F. The molecule has 0 aliphatic carbocycles. The van der Waals surface area contributed by atoms with Crippen molar-refractivity contribution in [2.24, 2.45) is 0 Å². The lowest BCUT2D eigenvalue weighted by molar-refractivity contribution is -0.155. The number of aliphatic hydroxyl groups excluding tert-OH is 1. The molecule has 23 heavy (non-hydrogen) atoms. The average Bonchev–Trinajstić information content (AvgIpc) is 3.04. The lowest BCUT2D eigenvalue weighted by atomic mass is 10.1. The number of imidazole rings is 1. The average molecular weight is 328 g/mol. The number of nitrogens with zero attached hydrogens (tertiary/aromatic N) is 1. The van der Waals surface area contributed by atoms with Crippen LogP contribution in [0.3, 0.4) is 0 Å². The van der Waals surface area contributed by atoms with E-state index in [1.54, 1.807) is 6.07 Å². The molecule has 6 nitrogen and oxygen atoms in total. The van der Waals surface area contributed by atoms with Crippen LogP contribution >= 0.6 is 0 Å². The predicted octanol–water partition coefficient (Wildman–Crippen LogP) is 2.05. The van der Waals surface area contributed by atoms with Crippen molar-refractivity contribution in [3.63, 3.8) is 0 Å². The van der Waals surface area contributed by atoms with E-state index in [1.165, 1.54) is 36.7 Å². The summed E-state index contributed by atoms with van der Waals surface area (Å²) >= 11 is 0. The van der Waals surface area contributed by atoms with Crippen LogP contribution in [-0.2, 0) is 0 Å². The second-order valence-corrected chi connectivity index (χ2v) is 4.71. The Labute approximate surface area is 129 Å². The number of benzene rings is 1. The molecule has 0 fully saturated rings. The quantitative estimate of drug-likeness (QED) is 0.677. The van der Waals surface area contributed by atoms with Crippen LogP contribution in [0.1, 0.15) is 23.5 Å². The molecule has 9 heteroatoms. The molecule has 0 spiro atoms. The van der Waals surface area contributed by atoms with Crippen LogP contribution in [0.2, 0.25) is 0 Å². The minimum Gasteiger partial charge on any atom is -0.394 e. The molecule has 4 N–H and O–H groups in total. The molecule has 2 rings (SSSR count). The Bertz CT molecular complexity index is 617. The van der Waals surface area contributed by atoms with Gasteiger partial charge in [0.1, 0.15) is 11.9 Å². The first kappa shape index (κ1) is 16.8. The molecule has 1 aromatic heterocycles. The molecule has 2 unspecified atom stereocenters. The summed E-state index contributed by atoms with van der Waals surface area (Å²) in [7, 11) is 0. The zero-order valence-electron chi connectivity index (χ0n) is 11.8. The first-order valence-corrected chi connectivity index (χ1v) is 6.70. The van der Waals surface area contributed by atoms with E-state index in [2.05, 4.69) is 15.3 Å². The van der Waals surface area contributed by atoms with Crippen LogP contribution in [0.15, 0.2) is 42.7 Å². The lowest BCUT2D eigenvalue weighted by Crippen LogP contribution is -2.45. The van der Waals surface area contributed by atoms with Crippen LogP contribution < -0.4 is 10.6 Å². The highest BCUT2D eigenvalue weighted by Gasteiger charge is 2.42. The Morgan fingerprint density at radius 3 is 2.48 bits per heavy atom. The largest absolute Gasteiger partial charge is 0.412 e. The molecule has 0 saturated carbocycles. The highest BCUT2D eigenvalue weighted by molar-refractivity contribution is 5.75. The number of carbonyl (C=O) groups is 1. The van der Waals surface area contributed by atoms with Crippen molar-refractivity contribution in [3.05, 3.63) is 54.1 Å². The van der Waals surface area contributed by atoms with Gasteiger partial charge in [0.15, 0.2) is 6.04 Å². The van der Waals surface area contributed by atoms with Crippen LogP contribution in [0.5, 0.6) is 0 Å². The lowest BCUT2D eigenvalue weighted by Gasteiger charge is -2.23. The molecule has 2 aromatic rings. The van der Waals surface area contributed by atoms with Gasteiger partial charge in [-0.05, 0) is 5.56 Å². The summed E-state index contributed by atoms with van der Waals surface area (Å²) in [6.45, 7) is -0.511. The van der Waals surface area contributed by atoms with E-state index in [9.17, 15) is 23.1 Å². The molecule has 0 aliphatic rings. The topological polar surface area (TPSA) is 90.0 Å². The van der Waals surface area contributed by atoms with Gasteiger partial charge in [-0.15, -0.1) is 0 Å². The van der Waals surface area contributed by atoms with Crippen LogP contribution in [0.25, 0.3) is 0 Å². The molecule has 124 valence electrons. The number of hydrogen-bond donors (Lipinski definition) is 4. The number of hydrogen-bond acceptors (Lipinski definition) is 3. The number of aromatic nitrogens is 2. The summed E-state index contributed by atoms with van der Waals surface area (Å²) in [5.74, 6) is 0.242. The monoisotopic (exact) mass is 328 g/mol. The highest BCUT2D eigenvalue weighted by atomic mass is 19.4. The molecular formula is C14H15F3N4O2. The van der Waals surface area contributed by atoms with Gasteiger partial charge in [0, 0.05) is 12.4 Å². The van der Waals surface area contributed by atoms with Gasteiger partial charge in [-0.25, -0.2) is 9.78 Å². The fraction of sp³-hybridized carbons (Fsp3) is 0.286. The molecule has 0 aliphatic heterocycles. The van der Waals surface area contributed by atoms with Gasteiger partial charge in [0.2, 0.25) is 0 Å². The number of urea groups is 1. The van der Waals surface area contributed by atoms with E-state index < -0.39 is 30.9 Å². The number of H-pyrrole nitrogens is 1. The number of rotatable bonds is 5. The Morgan fingerprint density at radius 1 is 1.26 bits per heavy atom. The van der Waals surface area contributed by atoms with E-state index >= 15 is 0 Å². The third-order valence-electron chi connectivity index (χ3n) is 3.07. The molecular weight excluding hydrogens is 313 g/mol. The number of alkyl halides is 3. The summed E-state index contributed by atoms with van der Waals surface area (Å²) in [6, 6.07) is 2.87. The van der Waals surface area contributed by atoms with Crippen molar-refractivity contribution in [1.29, 1.82) is 0 Å². The normalized spacial score (nSPS) is 14.1. The van der Waals surface area contributed by atoms with Crippen molar-refractivity contribution < 1.29 is 23.1 Å². The van der Waals surface area contributed by atoms with E-state index in [-0.39, 0.29) is 11.4 Å². The van der Waals surface area contributed by atoms with E-state index in [0.29, 0.717) is 0 Å². The van der Waals surface area contributed by atoms with E-state index in [1.807, 2.05) is 5.32 Å². The highest BCUT2D eigenvalue weighted by Crippen LogP contribution is 2.32. The van der Waals surface area contributed by atoms with Crippen molar-refractivity contribution in [3.8, 4) is 0 Å². The minimum atomic E-state index is -4.65. The summed E-state index contributed by atoms with van der Waals surface area (Å²) < 4.78 is 39.4. The van der Waals surface area contributed by atoms with Gasteiger partial charge in [0.05, 0.1) is 6.61 Å². The van der Waals surface area contributed by atoms with E-state index in [0.717, 1.165) is 0 Å². The maximum atomic E-state index is 13.1.